The van der Waals surface area contributed by atoms with Crippen LogP contribution in [0.2, 0.25) is 0 Å². The molecule has 0 bridgehead atoms. The molecule has 0 saturated carbocycles. The van der Waals surface area contributed by atoms with Gasteiger partial charge in [0.05, 0.1) is 43.7 Å². The summed E-state index contributed by atoms with van der Waals surface area (Å²) in [6.07, 6.45) is 2.78. The molecule has 1 unspecified atom stereocenters. The molecule has 1 aromatic carbocycles. The number of aliphatic hydroxyl groups excluding tert-OH is 1. The van der Waals surface area contributed by atoms with Crippen molar-refractivity contribution in [3.63, 3.8) is 0 Å². The van der Waals surface area contributed by atoms with Crippen molar-refractivity contribution in [3.05, 3.63) is 58.9 Å². The Bertz CT molecular complexity index is 1380. The number of aliphatic hydroxyl groups is 1. The van der Waals surface area contributed by atoms with E-state index in [4.69, 9.17) is 18.6 Å². The Kier molecular flexibility index (Phi) is 9.07. The van der Waals surface area contributed by atoms with Crippen LogP contribution in [0.5, 0.6) is 5.75 Å². The fourth-order valence-electron chi connectivity index (χ4n) is 4.35. The molecule has 2 atom stereocenters. The molecular weight excluding hydrogens is 530 g/mol. The Morgan fingerprint density at radius 1 is 1.27 bits per heavy atom. The lowest BCUT2D eigenvalue weighted by atomic mass is 9.95. The molecule has 1 fully saturated rings. The van der Waals surface area contributed by atoms with E-state index in [2.05, 4.69) is 30.6 Å². The van der Waals surface area contributed by atoms with Crippen molar-refractivity contribution >= 4 is 23.9 Å². The number of carbonyl (C=O) groups excluding carboxylic acids is 1. The van der Waals surface area contributed by atoms with Crippen LogP contribution in [0.4, 0.5) is 11.8 Å². The van der Waals surface area contributed by atoms with Crippen LogP contribution >= 0.6 is 0 Å². The first-order valence-electron chi connectivity index (χ1n) is 13.5. The van der Waals surface area contributed by atoms with Gasteiger partial charge in [-0.1, -0.05) is 6.07 Å². The summed E-state index contributed by atoms with van der Waals surface area (Å²) >= 11 is 0. The molecule has 0 spiro atoms. The molecule has 1 saturated heterocycles. The Labute approximate surface area is 238 Å². The summed E-state index contributed by atoms with van der Waals surface area (Å²) in [6, 6.07) is 7.09. The van der Waals surface area contributed by atoms with Crippen LogP contribution in [0.3, 0.4) is 0 Å². The van der Waals surface area contributed by atoms with Gasteiger partial charge in [0, 0.05) is 39.5 Å². The van der Waals surface area contributed by atoms with Gasteiger partial charge in [-0.3, -0.25) is 9.79 Å². The minimum Gasteiger partial charge on any atom is -0.486 e. The molecule has 2 aromatic heterocycles. The fourth-order valence-corrected chi connectivity index (χ4v) is 4.35. The maximum Gasteiger partial charge on any atom is 0.270 e. The number of nitrogens with zero attached hydrogens (tertiary/aromatic N) is 5. The third-order valence-electron chi connectivity index (χ3n) is 6.99. The van der Waals surface area contributed by atoms with Crippen molar-refractivity contribution in [3.8, 4) is 5.75 Å². The topological polar surface area (TPSA) is 156 Å². The zero-order valence-corrected chi connectivity index (χ0v) is 23.4. The first kappa shape index (κ1) is 28.5. The van der Waals surface area contributed by atoms with Crippen molar-refractivity contribution in [1.82, 2.24) is 20.3 Å². The highest BCUT2D eigenvalue weighted by Gasteiger charge is 2.25. The molecule has 2 aliphatic rings. The van der Waals surface area contributed by atoms with Crippen LogP contribution in [0.25, 0.3) is 0 Å². The molecule has 1 amide bonds. The van der Waals surface area contributed by atoms with E-state index in [-0.39, 0.29) is 24.9 Å². The van der Waals surface area contributed by atoms with Crippen molar-refractivity contribution < 1.29 is 28.5 Å². The summed E-state index contributed by atoms with van der Waals surface area (Å²) < 4.78 is 21.5. The molecule has 41 heavy (non-hydrogen) atoms. The molecule has 3 aromatic rings. The van der Waals surface area contributed by atoms with E-state index in [0.29, 0.717) is 56.1 Å². The number of aryl methyl sites for hydroxylation is 1. The van der Waals surface area contributed by atoms with Crippen LogP contribution in [0.15, 0.2) is 40.1 Å². The molecule has 13 nitrogen and oxygen atoms in total. The summed E-state index contributed by atoms with van der Waals surface area (Å²) in [7, 11) is 3.46. The molecular formula is C28H35N7O6. The van der Waals surface area contributed by atoms with E-state index in [1.807, 2.05) is 37.1 Å². The molecule has 5 rings (SSSR count). The molecule has 13 heteroatoms. The van der Waals surface area contributed by atoms with E-state index in [0.717, 1.165) is 16.8 Å². The Balaban J connectivity index is 1.18. The second kappa shape index (κ2) is 13.1. The average Bonchev–Trinajstić information content (AvgIpc) is 3.38. The predicted molar refractivity (Wildman–Crippen MR) is 151 cm³/mol. The number of amides is 1. The average molecular weight is 566 g/mol. The highest BCUT2D eigenvalue weighted by atomic mass is 16.5. The van der Waals surface area contributed by atoms with Gasteiger partial charge < -0.3 is 39.3 Å². The van der Waals surface area contributed by atoms with Gasteiger partial charge >= 0.3 is 0 Å². The molecule has 2 aliphatic heterocycles. The van der Waals surface area contributed by atoms with Crippen molar-refractivity contribution in [2.45, 2.75) is 38.1 Å². The number of aromatic nitrogens is 3. The fraction of sp³-hybridized carbons (Fsp3) is 0.464. The normalized spacial score (nSPS) is 16.9. The summed E-state index contributed by atoms with van der Waals surface area (Å²) in [5.74, 6) is 1.88. The smallest absolute Gasteiger partial charge is 0.270 e. The van der Waals surface area contributed by atoms with E-state index in [1.54, 1.807) is 19.4 Å². The second-order valence-electron chi connectivity index (χ2n) is 10.1. The lowest BCUT2D eigenvalue weighted by molar-refractivity contribution is 0.0209. The number of nitrogens with one attached hydrogen (secondary N) is 2. The van der Waals surface area contributed by atoms with E-state index < -0.39 is 18.1 Å². The third-order valence-corrected chi connectivity index (χ3v) is 6.99. The van der Waals surface area contributed by atoms with Gasteiger partial charge in [0.15, 0.2) is 12.2 Å². The number of ether oxygens (including phenoxy) is 3. The van der Waals surface area contributed by atoms with Gasteiger partial charge in [0.25, 0.3) is 5.91 Å². The number of benzene rings is 1. The SMILES string of the molecule is COCCN(C)c1nc(NC2COC2)cc(C(=O)NC[C@@H](O)C2Cc3ccc(OCc4ocnc4C)cc3C=N2)n1. The van der Waals surface area contributed by atoms with Crippen LogP contribution in [-0.2, 0) is 22.5 Å². The number of fused-ring (bicyclic) bond motifs is 1. The standard InChI is InChI=1S/C28H35N7O6/c1-17-25(41-16-31-17)15-40-21-5-4-18-9-22(29-11-19(18)8-21)24(36)12-30-27(37)23-10-26(32-20-13-39-14-20)34-28(33-23)35(2)6-7-38-3/h4-5,8,10-11,16,20,22,24,36H,6-7,9,12-15H2,1-3H3,(H,30,37)(H,32,33,34)/t22?,24-/m1/s1. The van der Waals surface area contributed by atoms with E-state index in [1.165, 1.54) is 6.39 Å². The summed E-state index contributed by atoms with van der Waals surface area (Å²) in [6.45, 7) is 4.37. The second-order valence-corrected chi connectivity index (χ2v) is 10.1. The van der Waals surface area contributed by atoms with Crippen LogP contribution < -0.4 is 20.3 Å². The van der Waals surface area contributed by atoms with Gasteiger partial charge in [0.2, 0.25) is 5.95 Å². The third kappa shape index (κ3) is 7.17. The zero-order chi connectivity index (χ0) is 28.8. The largest absolute Gasteiger partial charge is 0.486 e. The number of methoxy groups -OCH3 is 1. The lowest BCUT2D eigenvalue weighted by Crippen LogP contribution is -2.41. The number of rotatable bonds is 13. The molecule has 0 aliphatic carbocycles. The quantitative estimate of drug-likeness (QED) is 0.275. The molecule has 4 heterocycles. The number of hydrogen-bond acceptors (Lipinski definition) is 12. The number of anilines is 2. The zero-order valence-electron chi connectivity index (χ0n) is 23.4. The first-order valence-corrected chi connectivity index (χ1v) is 13.5. The lowest BCUT2D eigenvalue weighted by Gasteiger charge is -2.28. The summed E-state index contributed by atoms with van der Waals surface area (Å²) in [4.78, 5) is 32.5. The number of oxazole rings is 1. The van der Waals surface area contributed by atoms with Gasteiger partial charge in [-0.05, 0) is 36.6 Å². The van der Waals surface area contributed by atoms with Gasteiger partial charge in [-0.15, -0.1) is 0 Å². The minimum atomic E-state index is -0.885. The number of likely N-dealkylation sites (N-methyl/N-ethyl adjacent to an activating group) is 1. The van der Waals surface area contributed by atoms with E-state index in [9.17, 15) is 9.90 Å². The Hall–Kier alpha value is -4.07. The van der Waals surface area contributed by atoms with Crippen LogP contribution in [0.1, 0.15) is 33.1 Å². The maximum absolute atomic E-state index is 13.1. The van der Waals surface area contributed by atoms with Crippen molar-refractivity contribution in [2.24, 2.45) is 4.99 Å². The van der Waals surface area contributed by atoms with Crippen LogP contribution in [0, 0.1) is 6.92 Å². The molecule has 218 valence electrons. The Morgan fingerprint density at radius 3 is 2.85 bits per heavy atom. The number of aliphatic imine (C=N–C) groups is 1. The minimum absolute atomic E-state index is 0.0198. The Morgan fingerprint density at radius 2 is 2.12 bits per heavy atom. The highest BCUT2D eigenvalue weighted by molar-refractivity contribution is 5.93. The van der Waals surface area contributed by atoms with Gasteiger partial charge in [0.1, 0.15) is 23.9 Å². The maximum atomic E-state index is 13.1. The number of carbonyl (C=O) groups is 1. The number of hydrogen-bond donors (Lipinski definition) is 3. The monoisotopic (exact) mass is 565 g/mol. The van der Waals surface area contributed by atoms with Crippen LogP contribution in [-0.4, -0.2) is 97.4 Å². The van der Waals surface area contributed by atoms with Gasteiger partial charge in [-0.25, -0.2) is 9.97 Å². The first-order chi connectivity index (χ1) is 19.9. The molecule has 3 N–H and O–H groups in total. The predicted octanol–water partition coefficient (Wildman–Crippen LogP) is 1.38. The highest BCUT2D eigenvalue weighted by Crippen LogP contribution is 2.24. The summed E-state index contributed by atoms with van der Waals surface area (Å²) in [5.41, 5.74) is 2.95. The van der Waals surface area contributed by atoms with E-state index >= 15 is 0 Å². The van der Waals surface area contributed by atoms with Gasteiger partial charge in [-0.2, -0.15) is 4.98 Å². The molecule has 0 radical (unpaired) electrons. The van der Waals surface area contributed by atoms with Crippen molar-refractivity contribution in [2.75, 3.05) is 57.3 Å². The summed E-state index contributed by atoms with van der Waals surface area (Å²) in [5, 5.41) is 16.9. The van der Waals surface area contributed by atoms with Crippen molar-refractivity contribution in [1.29, 1.82) is 0 Å².